The molecular weight excluding hydrogens is 308 g/mol. The minimum absolute atomic E-state index is 0. The van der Waals surface area contributed by atoms with E-state index < -0.39 is 0 Å². The Hall–Kier alpha value is -1.06. The molecule has 0 aromatic heterocycles. The highest BCUT2D eigenvalue weighted by molar-refractivity contribution is 5.85. The van der Waals surface area contributed by atoms with Gasteiger partial charge in [0.2, 0.25) is 5.91 Å². The van der Waals surface area contributed by atoms with Crippen molar-refractivity contribution in [3.8, 4) is 0 Å². The number of carbonyl (C=O) groups is 1. The normalized spacial score (nSPS) is 23.5. The van der Waals surface area contributed by atoms with E-state index in [1.54, 1.807) is 0 Å². The fraction of sp³-hybridized carbons (Fsp3) is 0.632. The average molecular weight is 337 g/mol. The van der Waals surface area contributed by atoms with Crippen LogP contribution in [0.25, 0.3) is 0 Å². The van der Waals surface area contributed by atoms with Crippen molar-refractivity contribution in [3.63, 3.8) is 0 Å². The number of hydrogen-bond acceptors (Lipinski definition) is 2. The molecule has 2 heterocycles. The molecule has 2 saturated heterocycles. The highest BCUT2D eigenvalue weighted by Gasteiger charge is 2.30. The van der Waals surface area contributed by atoms with E-state index in [0.29, 0.717) is 30.3 Å². The van der Waals surface area contributed by atoms with E-state index in [4.69, 9.17) is 0 Å². The Balaban J connectivity index is 0.00000192. The first-order chi connectivity index (χ1) is 10.6. The molecule has 3 nitrogen and oxygen atoms in total. The van der Waals surface area contributed by atoms with Crippen LogP contribution in [0, 0.1) is 0 Å². The molecule has 128 valence electrons. The third-order valence-corrected chi connectivity index (χ3v) is 5.15. The standard InChI is InChI=1S/C19H28N2O.ClH/c1-14(2)16-6-3-15(4-7-16)5-10-19(22)21-12-11-17-8-9-18(13-21)20-17;/h3-4,6-7,14,17-18,20H,5,8-13H2,1-2H3;1H. The summed E-state index contributed by atoms with van der Waals surface area (Å²) < 4.78 is 0. The van der Waals surface area contributed by atoms with Gasteiger partial charge in [0.25, 0.3) is 0 Å². The summed E-state index contributed by atoms with van der Waals surface area (Å²) in [5.74, 6) is 0.887. The molecule has 2 atom stereocenters. The van der Waals surface area contributed by atoms with Gasteiger partial charge >= 0.3 is 0 Å². The van der Waals surface area contributed by atoms with Gasteiger partial charge in [0, 0.05) is 31.6 Å². The van der Waals surface area contributed by atoms with E-state index >= 15 is 0 Å². The van der Waals surface area contributed by atoms with Crippen LogP contribution in [-0.4, -0.2) is 36.0 Å². The van der Waals surface area contributed by atoms with E-state index in [1.165, 1.54) is 24.0 Å². The zero-order valence-electron chi connectivity index (χ0n) is 14.3. The highest BCUT2D eigenvalue weighted by Crippen LogP contribution is 2.21. The van der Waals surface area contributed by atoms with E-state index in [-0.39, 0.29) is 12.4 Å². The molecular formula is C19H29ClN2O. The summed E-state index contributed by atoms with van der Waals surface area (Å²) in [7, 11) is 0. The van der Waals surface area contributed by atoms with Crippen LogP contribution in [0.3, 0.4) is 0 Å². The van der Waals surface area contributed by atoms with Crippen LogP contribution in [-0.2, 0) is 11.2 Å². The Morgan fingerprint density at radius 3 is 2.57 bits per heavy atom. The molecule has 2 aliphatic heterocycles. The zero-order chi connectivity index (χ0) is 15.5. The molecule has 2 aliphatic rings. The van der Waals surface area contributed by atoms with Gasteiger partial charge in [-0.25, -0.2) is 0 Å². The van der Waals surface area contributed by atoms with E-state index in [0.717, 1.165) is 25.9 Å². The van der Waals surface area contributed by atoms with Crippen molar-refractivity contribution in [1.82, 2.24) is 10.2 Å². The summed E-state index contributed by atoms with van der Waals surface area (Å²) in [5.41, 5.74) is 2.64. The van der Waals surface area contributed by atoms with Gasteiger partial charge in [-0.3, -0.25) is 4.79 Å². The summed E-state index contributed by atoms with van der Waals surface area (Å²) in [6.07, 6.45) is 5.12. The fourth-order valence-corrected chi connectivity index (χ4v) is 3.65. The van der Waals surface area contributed by atoms with Crippen LogP contribution < -0.4 is 5.32 Å². The minimum atomic E-state index is 0. The van der Waals surface area contributed by atoms with Gasteiger partial charge in [0.15, 0.2) is 0 Å². The lowest BCUT2D eigenvalue weighted by Gasteiger charge is -2.24. The minimum Gasteiger partial charge on any atom is -0.341 e. The Kier molecular flexibility index (Phi) is 6.49. The van der Waals surface area contributed by atoms with Gasteiger partial charge in [-0.05, 0) is 42.7 Å². The number of carbonyl (C=O) groups excluding carboxylic acids is 1. The molecule has 1 aromatic carbocycles. The number of likely N-dealkylation sites (tertiary alicyclic amines) is 1. The SMILES string of the molecule is CC(C)c1ccc(CCC(=O)N2CCC3CCC(C2)N3)cc1.Cl. The summed E-state index contributed by atoms with van der Waals surface area (Å²) in [6, 6.07) is 9.91. The van der Waals surface area contributed by atoms with Crippen molar-refractivity contribution in [2.75, 3.05) is 13.1 Å². The Bertz CT molecular complexity index is 515. The molecule has 0 saturated carbocycles. The molecule has 3 rings (SSSR count). The number of hydrogen-bond donors (Lipinski definition) is 1. The van der Waals surface area contributed by atoms with Gasteiger partial charge in [0.05, 0.1) is 0 Å². The van der Waals surface area contributed by atoms with E-state index in [9.17, 15) is 4.79 Å². The summed E-state index contributed by atoms with van der Waals surface area (Å²) in [4.78, 5) is 14.6. The van der Waals surface area contributed by atoms with Crippen molar-refractivity contribution in [3.05, 3.63) is 35.4 Å². The molecule has 1 aromatic rings. The largest absolute Gasteiger partial charge is 0.341 e. The molecule has 4 heteroatoms. The first kappa shape index (κ1) is 18.3. The van der Waals surface area contributed by atoms with Gasteiger partial charge in [-0.1, -0.05) is 38.1 Å². The Morgan fingerprint density at radius 2 is 1.87 bits per heavy atom. The number of fused-ring (bicyclic) bond motifs is 2. The summed E-state index contributed by atoms with van der Waals surface area (Å²) in [5, 5.41) is 3.63. The van der Waals surface area contributed by atoms with Crippen molar-refractivity contribution in [2.45, 2.75) is 64.0 Å². The van der Waals surface area contributed by atoms with Crippen molar-refractivity contribution >= 4 is 18.3 Å². The summed E-state index contributed by atoms with van der Waals surface area (Å²) >= 11 is 0. The van der Waals surface area contributed by atoms with Crippen molar-refractivity contribution in [1.29, 1.82) is 0 Å². The molecule has 0 radical (unpaired) electrons. The van der Waals surface area contributed by atoms with Gasteiger partial charge in [-0.15, -0.1) is 12.4 Å². The predicted molar refractivity (Wildman–Crippen MR) is 97.2 cm³/mol. The monoisotopic (exact) mass is 336 g/mol. The maximum absolute atomic E-state index is 12.5. The third-order valence-electron chi connectivity index (χ3n) is 5.15. The second-order valence-electron chi connectivity index (χ2n) is 7.16. The van der Waals surface area contributed by atoms with E-state index in [2.05, 4.69) is 48.3 Å². The number of nitrogens with zero attached hydrogens (tertiary/aromatic N) is 1. The van der Waals surface area contributed by atoms with Crippen molar-refractivity contribution < 1.29 is 4.79 Å². The molecule has 0 spiro atoms. The number of amides is 1. The molecule has 2 unspecified atom stereocenters. The number of benzene rings is 1. The second kappa shape index (κ2) is 8.16. The number of aryl methyl sites for hydroxylation is 1. The molecule has 1 amide bonds. The fourth-order valence-electron chi connectivity index (χ4n) is 3.65. The Morgan fingerprint density at radius 1 is 1.17 bits per heavy atom. The molecule has 2 fully saturated rings. The number of rotatable bonds is 4. The second-order valence-corrected chi connectivity index (χ2v) is 7.16. The lowest BCUT2D eigenvalue weighted by molar-refractivity contribution is -0.131. The van der Waals surface area contributed by atoms with Crippen LogP contribution in [0.5, 0.6) is 0 Å². The maximum Gasteiger partial charge on any atom is 0.222 e. The number of nitrogens with one attached hydrogen (secondary N) is 1. The number of halogens is 1. The lowest BCUT2D eigenvalue weighted by atomic mass is 10.00. The smallest absolute Gasteiger partial charge is 0.222 e. The molecule has 2 bridgehead atoms. The lowest BCUT2D eigenvalue weighted by Crippen LogP contribution is -2.39. The van der Waals surface area contributed by atoms with Gasteiger partial charge in [-0.2, -0.15) is 0 Å². The topological polar surface area (TPSA) is 32.3 Å². The quantitative estimate of drug-likeness (QED) is 0.912. The van der Waals surface area contributed by atoms with Crippen LogP contribution in [0.1, 0.15) is 56.6 Å². The first-order valence-corrected chi connectivity index (χ1v) is 8.74. The molecule has 1 N–H and O–H groups in total. The van der Waals surface area contributed by atoms with Crippen LogP contribution in [0.4, 0.5) is 0 Å². The maximum atomic E-state index is 12.5. The molecule has 0 aliphatic carbocycles. The van der Waals surface area contributed by atoms with E-state index in [1.807, 2.05) is 0 Å². The predicted octanol–water partition coefficient (Wildman–Crippen LogP) is 3.52. The van der Waals surface area contributed by atoms with Gasteiger partial charge in [0.1, 0.15) is 0 Å². The Labute approximate surface area is 146 Å². The van der Waals surface area contributed by atoms with Crippen LogP contribution >= 0.6 is 12.4 Å². The summed E-state index contributed by atoms with van der Waals surface area (Å²) in [6.45, 7) is 6.25. The van der Waals surface area contributed by atoms with Gasteiger partial charge < -0.3 is 10.2 Å². The average Bonchev–Trinajstić information content (AvgIpc) is 2.84. The van der Waals surface area contributed by atoms with Crippen molar-refractivity contribution in [2.24, 2.45) is 0 Å². The third kappa shape index (κ3) is 4.71. The van der Waals surface area contributed by atoms with Crippen LogP contribution in [0.2, 0.25) is 0 Å². The first-order valence-electron chi connectivity index (χ1n) is 8.74. The zero-order valence-corrected chi connectivity index (χ0v) is 15.1. The highest BCUT2D eigenvalue weighted by atomic mass is 35.5. The van der Waals surface area contributed by atoms with Crippen LogP contribution in [0.15, 0.2) is 24.3 Å². The molecule has 23 heavy (non-hydrogen) atoms.